The minimum Gasteiger partial charge on any atom is -0.478 e. The molecular formula is C14H16N4O3. The molecule has 0 spiro atoms. The lowest BCUT2D eigenvalue weighted by atomic mass is 10.1. The average molecular weight is 288 g/mol. The van der Waals surface area contributed by atoms with E-state index in [1.807, 2.05) is 7.05 Å². The molecule has 2 bridgehead atoms. The quantitative estimate of drug-likeness (QED) is 0.889. The lowest BCUT2D eigenvalue weighted by Gasteiger charge is -2.34. The standard InChI is InChI=1S/C14H16N4O3/c1-17-13-10(5-16-17)12(11(4-15-13)14(19)20)18-6-8-2-3-9(7-18)21-8/h4-5,8-9H,2-3,6-7H2,1H3,(H,19,20). The number of anilines is 1. The molecule has 0 aliphatic carbocycles. The topological polar surface area (TPSA) is 80.5 Å². The van der Waals surface area contributed by atoms with E-state index in [9.17, 15) is 9.90 Å². The van der Waals surface area contributed by atoms with Gasteiger partial charge < -0.3 is 14.7 Å². The van der Waals surface area contributed by atoms with Crippen molar-refractivity contribution in [3.8, 4) is 0 Å². The van der Waals surface area contributed by atoms with Gasteiger partial charge in [-0.2, -0.15) is 5.10 Å². The SMILES string of the molecule is Cn1ncc2c(N3CC4CCC(C3)O4)c(C(=O)O)cnc21. The van der Waals surface area contributed by atoms with Crippen LogP contribution in [0.25, 0.3) is 11.0 Å². The normalized spacial score (nSPS) is 24.7. The molecule has 4 rings (SSSR count). The van der Waals surface area contributed by atoms with Crippen LogP contribution in [0.4, 0.5) is 5.69 Å². The molecule has 2 saturated heterocycles. The van der Waals surface area contributed by atoms with Gasteiger partial charge in [0.15, 0.2) is 5.65 Å². The molecule has 4 heterocycles. The summed E-state index contributed by atoms with van der Waals surface area (Å²) in [7, 11) is 1.81. The number of carboxylic acids is 1. The number of aromatic nitrogens is 3. The van der Waals surface area contributed by atoms with Crippen LogP contribution in [0.3, 0.4) is 0 Å². The van der Waals surface area contributed by atoms with Gasteiger partial charge in [-0.05, 0) is 12.8 Å². The summed E-state index contributed by atoms with van der Waals surface area (Å²) in [6.45, 7) is 1.45. The number of pyridine rings is 1. The number of aryl methyl sites for hydroxylation is 1. The van der Waals surface area contributed by atoms with Crippen molar-refractivity contribution in [3.63, 3.8) is 0 Å². The van der Waals surface area contributed by atoms with E-state index in [0.29, 0.717) is 5.65 Å². The summed E-state index contributed by atoms with van der Waals surface area (Å²) in [5, 5.41) is 14.5. The molecule has 0 aromatic carbocycles. The Labute approximate surface area is 121 Å². The lowest BCUT2D eigenvalue weighted by Crippen LogP contribution is -2.43. The molecule has 2 aliphatic rings. The fraction of sp³-hybridized carbons (Fsp3) is 0.500. The average Bonchev–Trinajstić information content (AvgIpc) is 3.01. The van der Waals surface area contributed by atoms with E-state index in [-0.39, 0.29) is 17.8 Å². The molecule has 0 radical (unpaired) electrons. The number of rotatable bonds is 2. The van der Waals surface area contributed by atoms with Gasteiger partial charge in [0.25, 0.3) is 0 Å². The second kappa shape index (κ2) is 4.42. The predicted octanol–water partition coefficient (Wildman–Crippen LogP) is 1.03. The fourth-order valence-corrected chi connectivity index (χ4v) is 3.38. The highest BCUT2D eigenvalue weighted by Crippen LogP contribution is 2.35. The van der Waals surface area contributed by atoms with Crippen molar-refractivity contribution in [2.45, 2.75) is 25.0 Å². The summed E-state index contributed by atoms with van der Waals surface area (Å²) in [4.78, 5) is 17.9. The van der Waals surface area contributed by atoms with Crippen LogP contribution in [-0.4, -0.2) is 51.1 Å². The first-order valence-corrected chi connectivity index (χ1v) is 7.08. The number of morpholine rings is 1. The predicted molar refractivity (Wildman–Crippen MR) is 75.6 cm³/mol. The highest BCUT2D eigenvalue weighted by atomic mass is 16.5. The number of carboxylic acid groups (broad SMARTS) is 1. The van der Waals surface area contributed by atoms with Crippen LogP contribution in [0, 0.1) is 0 Å². The van der Waals surface area contributed by atoms with E-state index < -0.39 is 5.97 Å². The van der Waals surface area contributed by atoms with Crippen molar-refractivity contribution in [2.24, 2.45) is 7.05 Å². The molecule has 2 aliphatic heterocycles. The van der Waals surface area contributed by atoms with Gasteiger partial charge in [-0.25, -0.2) is 9.78 Å². The maximum absolute atomic E-state index is 11.6. The van der Waals surface area contributed by atoms with Gasteiger partial charge in [0.1, 0.15) is 5.56 Å². The molecule has 2 aromatic rings. The maximum atomic E-state index is 11.6. The Morgan fingerprint density at radius 3 is 2.71 bits per heavy atom. The van der Waals surface area contributed by atoms with Gasteiger partial charge in [-0.15, -0.1) is 0 Å². The first kappa shape index (κ1) is 12.6. The molecule has 7 heteroatoms. The lowest BCUT2D eigenvalue weighted by molar-refractivity contribution is 0.0304. The second-order valence-electron chi connectivity index (χ2n) is 5.69. The van der Waals surface area contributed by atoms with E-state index in [1.165, 1.54) is 6.20 Å². The number of fused-ring (bicyclic) bond motifs is 3. The molecular weight excluding hydrogens is 272 g/mol. The van der Waals surface area contributed by atoms with E-state index >= 15 is 0 Å². The Morgan fingerprint density at radius 1 is 1.33 bits per heavy atom. The Kier molecular flexibility index (Phi) is 2.65. The van der Waals surface area contributed by atoms with Crippen molar-refractivity contribution >= 4 is 22.7 Å². The minimum absolute atomic E-state index is 0.199. The number of nitrogens with zero attached hydrogens (tertiary/aromatic N) is 4. The zero-order valence-corrected chi connectivity index (χ0v) is 11.7. The molecule has 7 nitrogen and oxygen atoms in total. The Bertz CT molecular complexity index is 714. The molecule has 2 aromatic heterocycles. The first-order valence-electron chi connectivity index (χ1n) is 7.08. The van der Waals surface area contributed by atoms with E-state index in [1.54, 1.807) is 10.9 Å². The van der Waals surface area contributed by atoms with Gasteiger partial charge in [0, 0.05) is 26.3 Å². The molecule has 110 valence electrons. The van der Waals surface area contributed by atoms with Crippen molar-refractivity contribution in [2.75, 3.05) is 18.0 Å². The van der Waals surface area contributed by atoms with Crippen molar-refractivity contribution in [1.82, 2.24) is 14.8 Å². The minimum atomic E-state index is -0.956. The highest BCUT2D eigenvalue weighted by molar-refractivity contribution is 6.03. The Balaban J connectivity index is 1.88. The first-order chi connectivity index (χ1) is 10.1. The van der Waals surface area contributed by atoms with Crippen LogP contribution in [0.15, 0.2) is 12.4 Å². The fourth-order valence-electron chi connectivity index (χ4n) is 3.38. The Morgan fingerprint density at radius 2 is 2.05 bits per heavy atom. The van der Waals surface area contributed by atoms with E-state index in [0.717, 1.165) is 37.0 Å². The summed E-state index contributed by atoms with van der Waals surface area (Å²) in [6, 6.07) is 0. The summed E-state index contributed by atoms with van der Waals surface area (Å²) in [5.41, 5.74) is 1.66. The van der Waals surface area contributed by atoms with E-state index in [4.69, 9.17) is 4.74 Å². The van der Waals surface area contributed by atoms with E-state index in [2.05, 4.69) is 15.0 Å². The summed E-state index contributed by atoms with van der Waals surface area (Å²) < 4.78 is 7.51. The second-order valence-corrected chi connectivity index (χ2v) is 5.69. The third kappa shape index (κ3) is 1.88. The molecule has 2 fully saturated rings. The molecule has 2 atom stereocenters. The van der Waals surface area contributed by atoms with Crippen molar-refractivity contribution in [1.29, 1.82) is 0 Å². The van der Waals surface area contributed by atoms with Gasteiger partial charge >= 0.3 is 5.97 Å². The van der Waals surface area contributed by atoms with Crippen molar-refractivity contribution in [3.05, 3.63) is 18.0 Å². The Hall–Kier alpha value is -2.15. The molecule has 2 unspecified atom stereocenters. The van der Waals surface area contributed by atoms with Crippen LogP contribution >= 0.6 is 0 Å². The third-order valence-corrected chi connectivity index (χ3v) is 4.32. The largest absolute Gasteiger partial charge is 0.478 e. The summed E-state index contributed by atoms with van der Waals surface area (Å²) >= 11 is 0. The number of hydrogen-bond donors (Lipinski definition) is 1. The number of hydrogen-bond acceptors (Lipinski definition) is 5. The molecule has 1 N–H and O–H groups in total. The van der Waals surface area contributed by atoms with Gasteiger partial charge in [0.05, 0.1) is 29.5 Å². The van der Waals surface area contributed by atoms with Gasteiger partial charge in [0.2, 0.25) is 0 Å². The summed E-state index contributed by atoms with van der Waals surface area (Å²) in [6.07, 6.45) is 5.62. The smallest absolute Gasteiger partial charge is 0.339 e. The molecule has 0 saturated carbocycles. The molecule has 0 amide bonds. The van der Waals surface area contributed by atoms with Crippen molar-refractivity contribution < 1.29 is 14.6 Å². The van der Waals surface area contributed by atoms with Crippen LogP contribution in [0.1, 0.15) is 23.2 Å². The number of ether oxygens (including phenoxy) is 1. The van der Waals surface area contributed by atoms with Crippen LogP contribution in [0.2, 0.25) is 0 Å². The molecule has 21 heavy (non-hydrogen) atoms. The highest BCUT2D eigenvalue weighted by Gasteiger charge is 2.36. The zero-order chi connectivity index (χ0) is 14.6. The number of aromatic carboxylic acids is 1. The van der Waals surface area contributed by atoms with Gasteiger partial charge in [-0.1, -0.05) is 0 Å². The number of carbonyl (C=O) groups is 1. The maximum Gasteiger partial charge on any atom is 0.339 e. The van der Waals surface area contributed by atoms with Crippen LogP contribution < -0.4 is 4.90 Å². The summed E-state index contributed by atoms with van der Waals surface area (Å²) in [5.74, 6) is -0.956. The van der Waals surface area contributed by atoms with Crippen LogP contribution in [-0.2, 0) is 11.8 Å². The zero-order valence-electron chi connectivity index (χ0n) is 11.7. The third-order valence-electron chi connectivity index (χ3n) is 4.32. The monoisotopic (exact) mass is 288 g/mol. The van der Waals surface area contributed by atoms with Gasteiger partial charge in [-0.3, -0.25) is 4.68 Å². The van der Waals surface area contributed by atoms with Crippen LogP contribution in [0.5, 0.6) is 0 Å².